The van der Waals surface area contributed by atoms with Crippen molar-refractivity contribution in [1.82, 2.24) is 5.48 Å². The highest BCUT2D eigenvalue weighted by Crippen LogP contribution is 2.21. The number of hydrogen-bond acceptors (Lipinski definition) is 5. The lowest BCUT2D eigenvalue weighted by atomic mass is 10.1. The molecule has 3 aromatic rings. The normalized spacial score (nSPS) is 11.0. The van der Waals surface area contributed by atoms with Gasteiger partial charge in [-0.15, -0.1) is 0 Å². The SMILES string of the molecule is COC(=O)CC=C(NOCc1ccc(Oc2ccccc2)cc1)c1ccccc1. The van der Waals surface area contributed by atoms with Crippen LogP contribution in [0.25, 0.3) is 5.70 Å². The third-order valence-electron chi connectivity index (χ3n) is 4.11. The van der Waals surface area contributed by atoms with E-state index in [-0.39, 0.29) is 12.4 Å². The van der Waals surface area contributed by atoms with Gasteiger partial charge in [0.25, 0.3) is 0 Å². The molecule has 0 saturated heterocycles. The molecule has 0 radical (unpaired) electrons. The molecule has 0 aromatic heterocycles. The Hall–Kier alpha value is -3.57. The quantitative estimate of drug-likeness (QED) is 0.407. The van der Waals surface area contributed by atoms with Crippen LogP contribution in [0.1, 0.15) is 17.5 Å². The topological polar surface area (TPSA) is 56.8 Å². The maximum Gasteiger partial charge on any atom is 0.309 e. The summed E-state index contributed by atoms with van der Waals surface area (Å²) in [6.45, 7) is 0.355. The van der Waals surface area contributed by atoms with Gasteiger partial charge in [0.1, 0.15) is 11.5 Å². The Morgan fingerprint density at radius 2 is 1.48 bits per heavy atom. The molecule has 3 rings (SSSR count). The minimum atomic E-state index is -0.311. The molecule has 3 aromatic carbocycles. The van der Waals surface area contributed by atoms with Crippen molar-refractivity contribution < 1.29 is 19.1 Å². The van der Waals surface area contributed by atoms with Gasteiger partial charge in [-0.2, -0.15) is 0 Å². The lowest BCUT2D eigenvalue weighted by Crippen LogP contribution is -2.14. The molecule has 148 valence electrons. The van der Waals surface area contributed by atoms with Crippen LogP contribution in [0.3, 0.4) is 0 Å². The van der Waals surface area contributed by atoms with Crippen molar-refractivity contribution in [3.63, 3.8) is 0 Å². The van der Waals surface area contributed by atoms with Crippen LogP contribution in [-0.4, -0.2) is 13.1 Å². The van der Waals surface area contributed by atoms with E-state index in [0.717, 1.165) is 22.6 Å². The van der Waals surface area contributed by atoms with Crippen molar-refractivity contribution in [3.8, 4) is 11.5 Å². The van der Waals surface area contributed by atoms with E-state index in [1.54, 1.807) is 6.08 Å². The Morgan fingerprint density at radius 1 is 0.862 bits per heavy atom. The predicted molar refractivity (Wildman–Crippen MR) is 112 cm³/mol. The van der Waals surface area contributed by atoms with Gasteiger partial charge in [-0.3, -0.25) is 15.1 Å². The van der Waals surface area contributed by atoms with Gasteiger partial charge in [0, 0.05) is 0 Å². The number of rotatable bonds is 9. The molecule has 0 atom stereocenters. The second-order valence-corrected chi connectivity index (χ2v) is 6.21. The predicted octanol–water partition coefficient (Wildman–Crippen LogP) is 5.10. The highest BCUT2D eigenvalue weighted by atomic mass is 16.6. The number of methoxy groups -OCH3 is 1. The number of ether oxygens (including phenoxy) is 2. The summed E-state index contributed by atoms with van der Waals surface area (Å²) in [4.78, 5) is 17.1. The van der Waals surface area contributed by atoms with Crippen LogP contribution in [0.5, 0.6) is 11.5 Å². The summed E-state index contributed by atoms with van der Waals surface area (Å²) in [5.41, 5.74) is 5.55. The van der Waals surface area contributed by atoms with E-state index < -0.39 is 0 Å². The van der Waals surface area contributed by atoms with E-state index in [1.165, 1.54) is 7.11 Å². The van der Waals surface area contributed by atoms with Crippen LogP contribution in [0.15, 0.2) is 91.0 Å². The fourth-order valence-electron chi connectivity index (χ4n) is 2.58. The molecule has 5 heteroatoms. The molecule has 0 saturated carbocycles. The number of hydroxylamine groups is 1. The second kappa shape index (κ2) is 10.7. The van der Waals surface area contributed by atoms with Crippen LogP contribution in [-0.2, 0) is 21.0 Å². The molecule has 0 bridgehead atoms. The van der Waals surface area contributed by atoms with Gasteiger partial charge >= 0.3 is 5.97 Å². The van der Waals surface area contributed by atoms with Crippen molar-refractivity contribution in [2.75, 3.05) is 7.11 Å². The first-order valence-electron chi connectivity index (χ1n) is 9.26. The molecule has 0 fully saturated rings. The van der Waals surface area contributed by atoms with Gasteiger partial charge in [0.2, 0.25) is 0 Å². The van der Waals surface area contributed by atoms with Crippen LogP contribution in [0.4, 0.5) is 0 Å². The average molecular weight is 389 g/mol. The first kappa shape index (κ1) is 20.2. The molecule has 0 amide bonds. The first-order valence-corrected chi connectivity index (χ1v) is 9.26. The van der Waals surface area contributed by atoms with Crippen LogP contribution >= 0.6 is 0 Å². The minimum absolute atomic E-state index is 0.155. The van der Waals surface area contributed by atoms with Gasteiger partial charge in [-0.1, -0.05) is 60.7 Å². The highest BCUT2D eigenvalue weighted by molar-refractivity contribution is 5.74. The molecule has 5 nitrogen and oxygen atoms in total. The van der Waals surface area contributed by atoms with Gasteiger partial charge in [0.15, 0.2) is 0 Å². The van der Waals surface area contributed by atoms with Crippen molar-refractivity contribution in [2.45, 2.75) is 13.0 Å². The third kappa shape index (κ3) is 6.52. The highest BCUT2D eigenvalue weighted by Gasteiger charge is 2.05. The Bertz CT molecular complexity index is 922. The monoisotopic (exact) mass is 389 g/mol. The van der Waals surface area contributed by atoms with Gasteiger partial charge in [-0.05, 0) is 41.5 Å². The number of nitrogens with one attached hydrogen (secondary N) is 1. The maximum absolute atomic E-state index is 11.5. The number of carbonyl (C=O) groups excluding carboxylic acids is 1. The second-order valence-electron chi connectivity index (χ2n) is 6.21. The Balaban J connectivity index is 1.57. The molecular formula is C24H23NO4. The number of para-hydroxylation sites is 1. The van der Waals surface area contributed by atoms with Crippen molar-refractivity contribution in [1.29, 1.82) is 0 Å². The third-order valence-corrected chi connectivity index (χ3v) is 4.11. The van der Waals surface area contributed by atoms with E-state index in [9.17, 15) is 4.79 Å². The number of benzene rings is 3. The first-order chi connectivity index (χ1) is 14.2. The molecule has 29 heavy (non-hydrogen) atoms. The fourth-order valence-corrected chi connectivity index (χ4v) is 2.58. The summed E-state index contributed by atoms with van der Waals surface area (Å²) in [6, 6.07) is 27.0. The Labute approximate surface area is 170 Å². The maximum atomic E-state index is 11.5. The smallest absolute Gasteiger partial charge is 0.309 e. The standard InChI is InChI=1S/C24H23NO4/c1-27-24(26)17-16-23(20-8-4-2-5-9-20)25-28-18-19-12-14-22(15-13-19)29-21-10-6-3-7-11-21/h2-16,25H,17-18H2,1H3. The van der Waals surface area contributed by atoms with Crippen molar-refractivity contribution in [3.05, 3.63) is 102 Å². The molecule has 0 spiro atoms. The van der Waals surface area contributed by atoms with E-state index in [2.05, 4.69) is 5.48 Å². The number of carbonyl (C=O) groups is 1. The van der Waals surface area contributed by atoms with E-state index in [1.807, 2.05) is 84.9 Å². The lowest BCUT2D eigenvalue weighted by molar-refractivity contribution is -0.139. The fraction of sp³-hybridized carbons (Fsp3) is 0.125. The Morgan fingerprint density at radius 3 is 2.14 bits per heavy atom. The minimum Gasteiger partial charge on any atom is -0.469 e. The largest absolute Gasteiger partial charge is 0.469 e. The van der Waals surface area contributed by atoms with Crippen LogP contribution in [0, 0.1) is 0 Å². The van der Waals surface area contributed by atoms with Crippen LogP contribution < -0.4 is 10.2 Å². The molecule has 0 aliphatic heterocycles. The summed E-state index contributed by atoms with van der Waals surface area (Å²) in [5.74, 6) is 1.24. The van der Waals surface area contributed by atoms with E-state index in [4.69, 9.17) is 14.3 Å². The molecule has 0 aliphatic carbocycles. The van der Waals surface area contributed by atoms with Crippen LogP contribution in [0.2, 0.25) is 0 Å². The average Bonchev–Trinajstić information content (AvgIpc) is 2.78. The summed E-state index contributed by atoms with van der Waals surface area (Å²) >= 11 is 0. The van der Waals surface area contributed by atoms with E-state index >= 15 is 0 Å². The number of esters is 1. The molecule has 0 unspecified atom stereocenters. The molecular weight excluding hydrogens is 366 g/mol. The summed E-state index contributed by atoms with van der Waals surface area (Å²) in [5, 5.41) is 0. The molecule has 0 heterocycles. The summed E-state index contributed by atoms with van der Waals surface area (Å²) in [7, 11) is 1.37. The van der Waals surface area contributed by atoms with E-state index in [0.29, 0.717) is 12.3 Å². The zero-order valence-corrected chi connectivity index (χ0v) is 16.2. The number of hydrogen-bond donors (Lipinski definition) is 1. The zero-order valence-electron chi connectivity index (χ0n) is 16.2. The molecule has 0 aliphatic rings. The van der Waals surface area contributed by atoms with Gasteiger partial charge in [-0.25, -0.2) is 0 Å². The zero-order chi connectivity index (χ0) is 20.3. The Kier molecular flexibility index (Phi) is 7.43. The summed E-state index contributed by atoms with van der Waals surface area (Å²) < 4.78 is 10.5. The molecule has 1 N–H and O–H groups in total. The van der Waals surface area contributed by atoms with Crippen molar-refractivity contribution in [2.24, 2.45) is 0 Å². The van der Waals surface area contributed by atoms with Gasteiger partial charge < -0.3 is 9.47 Å². The lowest BCUT2D eigenvalue weighted by Gasteiger charge is -2.12. The summed E-state index contributed by atoms with van der Waals surface area (Å²) in [6.07, 6.45) is 1.90. The van der Waals surface area contributed by atoms with Crippen molar-refractivity contribution >= 4 is 11.7 Å². The van der Waals surface area contributed by atoms with Gasteiger partial charge in [0.05, 0.1) is 25.8 Å².